The molecule has 1 aromatic rings. The van der Waals surface area contributed by atoms with Crippen LogP contribution < -0.4 is 4.90 Å². The topological polar surface area (TPSA) is 49.9 Å². The van der Waals surface area contributed by atoms with Crippen LogP contribution in [-0.2, 0) is 14.3 Å². The van der Waals surface area contributed by atoms with Gasteiger partial charge in [0.2, 0.25) is 11.8 Å². The van der Waals surface area contributed by atoms with E-state index in [-0.39, 0.29) is 37.1 Å². The van der Waals surface area contributed by atoms with Crippen LogP contribution in [0, 0.1) is 11.7 Å². The lowest BCUT2D eigenvalue weighted by molar-refractivity contribution is -0.166. The average molecular weight is 382 g/mol. The third-order valence-electron chi connectivity index (χ3n) is 5.81. The number of anilines is 1. The number of benzene rings is 1. The van der Waals surface area contributed by atoms with Crippen molar-refractivity contribution in [2.45, 2.75) is 37.2 Å². The summed E-state index contributed by atoms with van der Waals surface area (Å²) in [7, 11) is 0. The SMILES string of the molecule is O=C(C1CC(F)(F)C1)N1CCC2(CC1)CN(c1ccc(F)cc1)C(=O)CO2. The Morgan fingerprint density at radius 1 is 1.11 bits per heavy atom. The monoisotopic (exact) mass is 382 g/mol. The first-order valence-corrected chi connectivity index (χ1v) is 9.14. The minimum Gasteiger partial charge on any atom is -0.363 e. The number of carbonyl (C=O) groups excluding carboxylic acids is 2. The van der Waals surface area contributed by atoms with E-state index in [0.29, 0.717) is 38.2 Å². The summed E-state index contributed by atoms with van der Waals surface area (Å²) in [5, 5.41) is 0. The van der Waals surface area contributed by atoms with Gasteiger partial charge < -0.3 is 14.5 Å². The lowest BCUT2D eigenvalue weighted by atomic mass is 9.79. The summed E-state index contributed by atoms with van der Waals surface area (Å²) in [4.78, 5) is 27.8. The number of amides is 2. The quantitative estimate of drug-likeness (QED) is 0.790. The summed E-state index contributed by atoms with van der Waals surface area (Å²) in [5.74, 6) is -4.07. The van der Waals surface area contributed by atoms with E-state index in [1.165, 1.54) is 12.1 Å². The fourth-order valence-electron chi connectivity index (χ4n) is 4.10. The van der Waals surface area contributed by atoms with Crippen molar-refractivity contribution < 1.29 is 27.5 Å². The van der Waals surface area contributed by atoms with E-state index >= 15 is 0 Å². The number of carbonyl (C=O) groups is 2. The molecule has 2 aliphatic heterocycles. The molecule has 27 heavy (non-hydrogen) atoms. The van der Waals surface area contributed by atoms with Crippen LogP contribution in [0.3, 0.4) is 0 Å². The van der Waals surface area contributed by atoms with Gasteiger partial charge in [-0.3, -0.25) is 9.59 Å². The Bertz CT molecular complexity index is 737. The van der Waals surface area contributed by atoms with E-state index in [2.05, 4.69) is 0 Å². The Morgan fingerprint density at radius 2 is 1.74 bits per heavy atom. The van der Waals surface area contributed by atoms with Gasteiger partial charge in [-0.25, -0.2) is 13.2 Å². The van der Waals surface area contributed by atoms with Gasteiger partial charge in [0, 0.05) is 37.5 Å². The van der Waals surface area contributed by atoms with Crippen LogP contribution >= 0.6 is 0 Å². The molecule has 1 aliphatic carbocycles. The Hall–Kier alpha value is -2.09. The number of hydrogen-bond donors (Lipinski definition) is 0. The Kier molecular flexibility index (Phi) is 4.41. The van der Waals surface area contributed by atoms with Crippen molar-refractivity contribution in [3.05, 3.63) is 30.1 Å². The molecule has 1 spiro atoms. The highest BCUT2D eigenvalue weighted by Gasteiger charge is 2.51. The molecule has 0 radical (unpaired) electrons. The Morgan fingerprint density at radius 3 is 2.33 bits per heavy atom. The fourth-order valence-corrected chi connectivity index (χ4v) is 4.10. The molecule has 0 bridgehead atoms. The average Bonchev–Trinajstić information content (AvgIpc) is 2.63. The maximum absolute atomic E-state index is 13.2. The number of morpholine rings is 1. The molecular weight excluding hydrogens is 361 g/mol. The highest BCUT2D eigenvalue weighted by Crippen LogP contribution is 2.44. The van der Waals surface area contributed by atoms with Gasteiger partial charge in [0.25, 0.3) is 5.91 Å². The molecule has 8 heteroatoms. The van der Waals surface area contributed by atoms with Crippen molar-refractivity contribution in [2.75, 3.05) is 31.1 Å². The molecule has 2 amide bonds. The maximum atomic E-state index is 13.2. The molecule has 0 unspecified atom stereocenters. The van der Waals surface area contributed by atoms with Crippen molar-refractivity contribution in [2.24, 2.45) is 5.92 Å². The van der Waals surface area contributed by atoms with E-state index in [1.807, 2.05) is 0 Å². The van der Waals surface area contributed by atoms with Gasteiger partial charge >= 0.3 is 0 Å². The van der Waals surface area contributed by atoms with Crippen molar-refractivity contribution in [1.29, 1.82) is 0 Å². The molecule has 3 fully saturated rings. The smallest absolute Gasteiger partial charge is 0.253 e. The van der Waals surface area contributed by atoms with Crippen LogP contribution in [0.2, 0.25) is 0 Å². The minimum atomic E-state index is -2.71. The van der Waals surface area contributed by atoms with Crippen LogP contribution in [0.15, 0.2) is 24.3 Å². The molecule has 0 N–H and O–H groups in total. The summed E-state index contributed by atoms with van der Waals surface area (Å²) >= 11 is 0. The number of halogens is 3. The van der Waals surface area contributed by atoms with Crippen LogP contribution in [-0.4, -0.2) is 54.5 Å². The standard InChI is InChI=1S/C19H21F3N2O3/c20-14-1-3-15(4-2-14)24-12-18(27-11-16(24)25)5-7-23(8-6-18)17(26)13-9-19(21,22)10-13/h1-4,13H,5-12H2. The van der Waals surface area contributed by atoms with E-state index in [1.54, 1.807) is 21.9 Å². The highest BCUT2D eigenvalue weighted by molar-refractivity contribution is 5.95. The number of likely N-dealkylation sites (tertiary alicyclic amines) is 1. The first-order valence-electron chi connectivity index (χ1n) is 9.14. The molecule has 2 saturated heterocycles. The number of piperidine rings is 1. The van der Waals surface area contributed by atoms with Crippen molar-refractivity contribution in [3.8, 4) is 0 Å². The summed E-state index contributed by atoms with van der Waals surface area (Å²) in [5.41, 5.74) is 0.0436. The van der Waals surface area contributed by atoms with Gasteiger partial charge in [0.05, 0.1) is 12.1 Å². The van der Waals surface area contributed by atoms with E-state index in [4.69, 9.17) is 4.74 Å². The zero-order chi connectivity index (χ0) is 19.2. The van der Waals surface area contributed by atoms with Crippen molar-refractivity contribution in [3.63, 3.8) is 0 Å². The predicted octanol–water partition coefficient (Wildman–Crippen LogP) is 2.60. The molecule has 0 atom stereocenters. The lowest BCUT2D eigenvalue weighted by Gasteiger charge is -2.48. The van der Waals surface area contributed by atoms with Gasteiger partial charge in [0.15, 0.2) is 0 Å². The lowest BCUT2D eigenvalue weighted by Crippen LogP contribution is -2.60. The Balaban J connectivity index is 1.39. The maximum Gasteiger partial charge on any atom is 0.253 e. The van der Waals surface area contributed by atoms with Gasteiger partial charge in [0.1, 0.15) is 12.4 Å². The van der Waals surface area contributed by atoms with E-state index in [9.17, 15) is 22.8 Å². The normalized spacial score (nSPS) is 24.8. The van der Waals surface area contributed by atoms with E-state index in [0.717, 1.165) is 0 Å². The highest BCUT2D eigenvalue weighted by atomic mass is 19.3. The molecule has 4 rings (SSSR count). The molecular formula is C19H21F3N2O3. The fraction of sp³-hybridized carbons (Fsp3) is 0.579. The molecule has 3 aliphatic rings. The van der Waals surface area contributed by atoms with Crippen molar-refractivity contribution in [1.82, 2.24) is 4.90 Å². The van der Waals surface area contributed by atoms with Crippen LogP contribution in [0.4, 0.5) is 18.9 Å². The molecule has 0 aromatic heterocycles. The molecule has 1 saturated carbocycles. The number of rotatable bonds is 2. The zero-order valence-electron chi connectivity index (χ0n) is 14.8. The second kappa shape index (κ2) is 6.51. The number of nitrogens with zero attached hydrogens (tertiary/aromatic N) is 2. The summed E-state index contributed by atoms with van der Waals surface area (Å²) in [6.07, 6.45) is 0.341. The summed E-state index contributed by atoms with van der Waals surface area (Å²) in [6.45, 7) is 1.11. The molecule has 5 nitrogen and oxygen atoms in total. The van der Waals surface area contributed by atoms with Crippen LogP contribution in [0.1, 0.15) is 25.7 Å². The molecule has 1 aromatic carbocycles. The van der Waals surface area contributed by atoms with Gasteiger partial charge in [-0.15, -0.1) is 0 Å². The van der Waals surface area contributed by atoms with Crippen LogP contribution in [0.25, 0.3) is 0 Å². The Labute approximate surface area is 155 Å². The van der Waals surface area contributed by atoms with Gasteiger partial charge in [-0.2, -0.15) is 0 Å². The first kappa shape index (κ1) is 18.3. The van der Waals surface area contributed by atoms with Crippen LogP contribution in [0.5, 0.6) is 0 Å². The summed E-state index contributed by atoms with van der Waals surface area (Å²) < 4.78 is 45.0. The summed E-state index contributed by atoms with van der Waals surface area (Å²) in [6, 6.07) is 5.73. The largest absolute Gasteiger partial charge is 0.363 e. The predicted molar refractivity (Wildman–Crippen MR) is 90.9 cm³/mol. The first-order chi connectivity index (χ1) is 12.8. The second-order valence-electron chi connectivity index (χ2n) is 7.71. The number of alkyl halides is 2. The van der Waals surface area contributed by atoms with Gasteiger partial charge in [-0.05, 0) is 37.1 Å². The number of ether oxygens (including phenoxy) is 1. The molecule has 146 valence electrons. The second-order valence-corrected chi connectivity index (χ2v) is 7.71. The van der Waals surface area contributed by atoms with Crippen molar-refractivity contribution >= 4 is 17.5 Å². The third kappa shape index (κ3) is 3.54. The molecule has 2 heterocycles. The zero-order valence-corrected chi connectivity index (χ0v) is 14.8. The van der Waals surface area contributed by atoms with Gasteiger partial charge in [-0.1, -0.05) is 0 Å². The van der Waals surface area contributed by atoms with E-state index < -0.39 is 17.4 Å². The third-order valence-corrected chi connectivity index (χ3v) is 5.81. The number of hydrogen-bond acceptors (Lipinski definition) is 3. The minimum absolute atomic E-state index is 0.0693.